The summed E-state index contributed by atoms with van der Waals surface area (Å²) in [6.45, 7) is 7.00. The predicted molar refractivity (Wildman–Crippen MR) is 46.7 cm³/mol. The number of aliphatic hydroxyl groups is 1. The molecule has 1 unspecified atom stereocenters. The molecule has 0 fully saturated rings. The van der Waals surface area contributed by atoms with Crippen molar-refractivity contribution in [1.29, 1.82) is 0 Å². The van der Waals surface area contributed by atoms with Gasteiger partial charge in [0.2, 0.25) is 0 Å². The number of hydrogen-bond donors (Lipinski definition) is 1. The van der Waals surface area contributed by atoms with E-state index in [2.05, 4.69) is 0 Å². The van der Waals surface area contributed by atoms with Gasteiger partial charge in [-0.25, -0.2) is 0 Å². The number of hydrogen-bond acceptors (Lipinski definition) is 3. The molecule has 0 spiro atoms. The first-order chi connectivity index (χ1) is 5.46. The summed E-state index contributed by atoms with van der Waals surface area (Å²) < 4.78 is 5.00. The fraction of sp³-hybridized carbons (Fsp3) is 0.889. The van der Waals surface area contributed by atoms with Gasteiger partial charge >= 0.3 is 5.97 Å². The molecule has 0 aliphatic heterocycles. The van der Waals surface area contributed by atoms with Crippen molar-refractivity contribution in [3.63, 3.8) is 0 Å². The number of carbonyl (C=O) groups is 1. The number of esters is 1. The second kappa shape index (κ2) is 4.45. The van der Waals surface area contributed by atoms with E-state index in [1.165, 1.54) is 0 Å². The Bertz CT molecular complexity index is 148. The quantitative estimate of drug-likeness (QED) is 0.654. The molecular formula is C9H18O3. The van der Waals surface area contributed by atoms with Crippen molar-refractivity contribution in [3.8, 4) is 0 Å². The summed E-state index contributed by atoms with van der Waals surface area (Å²) >= 11 is 0. The van der Waals surface area contributed by atoms with Crippen LogP contribution in [0.1, 0.15) is 34.1 Å². The van der Waals surface area contributed by atoms with Gasteiger partial charge in [0.1, 0.15) is 0 Å². The van der Waals surface area contributed by atoms with Crippen molar-refractivity contribution in [2.24, 2.45) is 5.41 Å². The molecule has 0 saturated heterocycles. The summed E-state index contributed by atoms with van der Waals surface area (Å²) in [4.78, 5) is 11.4. The number of ether oxygens (including phenoxy) is 1. The monoisotopic (exact) mass is 174 g/mol. The molecule has 3 heteroatoms. The number of aliphatic hydroxyl groups excluding tert-OH is 1. The minimum absolute atomic E-state index is 0.116. The Morgan fingerprint density at radius 3 is 2.33 bits per heavy atom. The van der Waals surface area contributed by atoms with Gasteiger partial charge in [0.05, 0.1) is 18.1 Å². The van der Waals surface area contributed by atoms with Gasteiger partial charge in [0, 0.05) is 0 Å². The highest BCUT2D eigenvalue weighted by atomic mass is 16.5. The lowest BCUT2D eigenvalue weighted by molar-refractivity contribution is -0.161. The van der Waals surface area contributed by atoms with Crippen molar-refractivity contribution in [2.75, 3.05) is 6.61 Å². The van der Waals surface area contributed by atoms with Gasteiger partial charge in [-0.2, -0.15) is 0 Å². The van der Waals surface area contributed by atoms with E-state index in [1.54, 1.807) is 20.8 Å². The molecule has 0 aromatic rings. The molecule has 0 aromatic heterocycles. The predicted octanol–water partition coefficient (Wildman–Crippen LogP) is 1.35. The Morgan fingerprint density at radius 2 is 2.08 bits per heavy atom. The maximum atomic E-state index is 11.4. The van der Waals surface area contributed by atoms with Crippen LogP contribution in [0.2, 0.25) is 0 Å². The third-order valence-electron chi connectivity index (χ3n) is 1.96. The standard InChI is InChI=1S/C9H18O3/c1-5-9(4,6-10)8(11)12-7(2)3/h7,10H,5-6H2,1-4H3. The fourth-order valence-electron chi connectivity index (χ4n) is 0.677. The van der Waals surface area contributed by atoms with Crippen molar-refractivity contribution in [1.82, 2.24) is 0 Å². The average molecular weight is 174 g/mol. The lowest BCUT2D eigenvalue weighted by atomic mass is 9.89. The van der Waals surface area contributed by atoms with E-state index in [9.17, 15) is 4.79 Å². The zero-order valence-corrected chi connectivity index (χ0v) is 8.26. The van der Waals surface area contributed by atoms with Crippen LogP contribution in [0.3, 0.4) is 0 Å². The first kappa shape index (κ1) is 11.4. The topological polar surface area (TPSA) is 46.5 Å². The molecule has 0 heterocycles. The molecule has 0 aliphatic carbocycles. The van der Waals surface area contributed by atoms with Crippen molar-refractivity contribution in [3.05, 3.63) is 0 Å². The summed E-state index contributed by atoms with van der Waals surface area (Å²) in [6.07, 6.45) is 0.477. The Hall–Kier alpha value is -0.570. The number of rotatable bonds is 4. The van der Waals surface area contributed by atoms with E-state index in [0.29, 0.717) is 6.42 Å². The molecule has 3 nitrogen and oxygen atoms in total. The second-order valence-corrected chi connectivity index (χ2v) is 3.53. The van der Waals surface area contributed by atoms with E-state index < -0.39 is 5.41 Å². The van der Waals surface area contributed by atoms with Gasteiger partial charge in [0.25, 0.3) is 0 Å². The van der Waals surface area contributed by atoms with Crippen LogP contribution in [0, 0.1) is 5.41 Å². The van der Waals surface area contributed by atoms with Crippen LogP contribution >= 0.6 is 0 Å². The minimum atomic E-state index is -0.732. The van der Waals surface area contributed by atoms with Crippen molar-refractivity contribution in [2.45, 2.75) is 40.2 Å². The molecule has 0 aromatic carbocycles. The van der Waals surface area contributed by atoms with E-state index in [4.69, 9.17) is 9.84 Å². The summed E-state index contributed by atoms with van der Waals surface area (Å²) in [7, 11) is 0. The molecule has 0 amide bonds. The van der Waals surface area contributed by atoms with Crippen LogP contribution in [0.4, 0.5) is 0 Å². The van der Waals surface area contributed by atoms with Gasteiger partial charge in [-0.3, -0.25) is 4.79 Å². The van der Waals surface area contributed by atoms with Crippen LogP contribution < -0.4 is 0 Å². The maximum Gasteiger partial charge on any atom is 0.314 e. The molecule has 1 N–H and O–H groups in total. The SMILES string of the molecule is CCC(C)(CO)C(=O)OC(C)C. The molecular weight excluding hydrogens is 156 g/mol. The van der Waals surface area contributed by atoms with E-state index in [0.717, 1.165) is 0 Å². The Labute approximate surface area is 73.7 Å². The normalized spacial score (nSPS) is 15.8. The Kier molecular flexibility index (Phi) is 4.24. The summed E-state index contributed by atoms with van der Waals surface area (Å²) in [5.74, 6) is -0.317. The van der Waals surface area contributed by atoms with Crippen LogP contribution in [0.5, 0.6) is 0 Å². The number of carbonyl (C=O) groups excluding carboxylic acids is 1. The molecule has 72 valence electrons. The third kappa shape index (κ3) is 2.81. The van der Waals surface area contributed by atoms with Gasteiger partial charge in [0.15, 0.2) is 0 Å². The Morgan fingerprint density at radius 1 is 1.58 bits per heavy atom. The molecule has 12 heavy (non-hydrogen) atoms. The highest BCUT2D eigenvalue weighted by molar-refractivity contribution is 5.76. The zero-order chi connectivity index (χ0) is 9.78. The fourth-order valence-corrected chi connectivity index (χ4v) is 0.677. The van der Waals surface area contributed by atoms with E-state index in [1.807, 2.05) is 6.92 Å². The van der Waals surface area contributed by atoms with Crippen LogP contribution in [0.25, 0.3) is 0 Å². The highest BCUT2D eigenvalue weighted by Gasteiger charge is 2.32. The van der Waals surface area contributed by atoms with Crippen LogP contribution in [-0.2, 0) is 9.53 Å². The van der Waals surface area contributed by atoms with Gasteiger partial charge in [-0.1, -0.05) is 6.92 Å². The maximum absolute atomic E-state index is 11.4. The first-order valence-electron chi connectivity index (χ1n) is 4.28. The van der Waals surface area contributed by atoms with E-state index in [-0.39, 0.29) is 18.7 Å². The Balaban J connectivity index is 4.22. The first-order valence-corrected chi connectivity index (χ1v) is 4.28. The molecule has 0 aliphatic rings. The lowest BCUT2D eigenvalue weighted by Crippen LogP contribution is -2.34. The van der Waals surface area contributed by atoms with Crippen LogP contribution in [0.15, 0.2) is 0 Å². The molecule has 0 rings (SSSR count). The molecule has 1 atom stereocenters. The zero-order valence-electron chi connectivity index (χ0n) is 8.26. The second-order valence-electron chi connectivity index (χ2n) is 3.53. The summed E-state index contributed by atoms with van der Waals surface area (Å²) in [5, 5.41) is 8.97. The molecule has 0 bridgehead atoms. The van der Waals surface area contributed by atoms with Crippen molar-refractivity contribution >= 4 is 5.97 Å². The van der Waals surface area contributed by atoms with Gasteiger partial charge in [-0.15, -0.1) is 0 Å². The van der Waals surface area contributed by atoms with Gasteiger partial charge in [-0.05, 0) is 27.2 Å². The molecule has 0 saturated carbocycles. The van der Waals surface area contributed by atoms with Crippen molar-refractivity contribution < 1.29 is 14.6 Å². The smallest absolute Gasteiger partial charge is 0.314 e. The average Bonchev–Trinajstić information content (AvgIpc) is 2.02. The van der Waals surface area contributed by atoms with E-state index >= 15 is 0 Å². The largest absolute Gasteiger partial charge is 0.462 e. The third-order valence-corrected chi connectivity index (χ3v) is 1.96. The highest BCUT2D eigenvalue weighted by Crippen LogP contribution is 2.22. The summed E-state index contributed by atoms with van der Waals surface area (Å²) in [5.41, 5.74) is -0.732. The van der Waals surface area contributed by atoms with Crippen LogP contribution in [-0.4, -0.2) is 23.8 Å². The molecule has 0 radical (unpaired) electrons. The van der Waals surface area contributed by atoms with Gasteiger partial charge < -0.3 is 9.84 Å². The lowest BCUT2D eigenvalue weighted by Gasteiger charge is -2.24. The minimum Gasteiger partial charge on any atom is -0.462 e. The summed E-state index contributed by atoms with van der Waals surface area (Å²) in [6, 6.07) is 0.